The molecular formula is C18H16ClF2N3O2. The van der Waals surface area contributed by atoms with Gasteiger partial charge in [-0.3, -0.25) is 4.90 Å². The van der Waals surface area contributed by atoms with Crippen molar-refractivity contribution in [3.8, 4) is 17.1 Å². The highest BCUT2D eigenvalue weighted by atomic mass is 35.5. The molecule has 0 bridgehead atoms. The number of halogens is 3. The molecule has 0 radical (unpaired) electrons. The van der Waals surface area contributed by atoms with Crippen molar-refractivity contribution in [2.75, 3.05) is 7.05 Å². The summed E-state index contributed by atoms with van der Waals surface area (Å²) in [5.41, 5.74) is 1.32. The fourth-order valence-electron chi connectivity index (χ4n) is 2.48. The molecule has 0 aliphatic rings. The number of benzene rings is 2. The summed E-state index contributed by atoms with van der Waals surface area (Å²) in [5, 5.41) is 4.55. The van der Waals surface area contributed by atoms with Gasteiger partial charge in [-0.05, 0) is 30.8 Å². The van der Waals surface area contributed by atoms with Gasteiger partial charge in [0.25, 0.3) is 0 Å². The molecule has 0 spiro atoms. The van der Waals surface area contributed by atoms with Crippen LogP contribution in [-0.2, 0) is 13.1 Å². The van der Waals surface area contributed by atoms with Gasteiger partial charge < -0.3 is 9.26 Å². The molecule has 3 rings (SSSR count). The smallest absolute Gasteiger partial charge is 0.387 e. The maximum atomic E-state index is 12.5. The van der Waals surface area contributed by atoms with Gasteiger partial charge in [0.1, 0.15) is 5.75 Å². The van der Waals surface area contributed by atoms with Gasteiger partial charge in [-0.25, -0.2) is 0 Å². The zero-order chi connectivity index (χ0) is 18.5. The van der Waals surface area contributed by atoms with Crippen molar-refractivity contribution >= 4 is 11.6 Å². The second kappa shape index (κ2) is 8.25. The molecule has 0 amide bonds. The summed E-state index contributed by atoms with van der Waals surface area (Å²) in [7, 11) is 1.89. The van der Waals surface area contributed by atoms with E-state index in [1.807, 2.05) is 36.2 Å². The molecule has 3 aromatic rings. The van der Waals surface area contributed by atoms with Crippen LogP contribution >= 0.6 is 11.6 Å². The molecule has 0 saturated heterocycles. The van der Waals surface area contributed by atoms with Gasteiger partial charge >= 0.3 is 6.61 Å². The first-order chi connectivity index (χ1) is 12.5. The first kappa shape index (κ1) is 18.3. The first-order valence-electron chi connectivity index (χ1n) is 7.81. The lowest BCUT2D eigenvalue weighted by Gasteiger charge is -2.14. The Morgan fingerprint density at radius 2 is 1.85 bits per heavy atom. The Kier molecular flexibility index (Phi) is 5.80. The number of aromatic nitrogens is 2. The molecule has 0 aliphatic carbocycles. The average Bonchev–Trinajstić information content (AvgIpc) is 3.05. The monoisotopic (exact) mass is 379 g/mol. The summed E-state index contributed by atoms with van der Waals surface area (Å²) in [6.45, 7) is -1.94. The summed E-state index contributed by atoms with van der Waals surface area (Å²) in [5.74, 6) is 0.558. The summed E-state index contributed by atoms with van der Waals surface area (Å²) in [4.78, 5) is 6.23. The van der Waals surface area contributed by atoms with E-state index in [4.69, 9.17) is 16.1 Å². The highest BCUT2D eigenvalue weighted by Gasteiger charge is 2.17. The van der Waals surface area contributed by atoms with Gasteiger partial charge in [0.2, 0.25) is 11.7 Å². The quantitative estimate of drug-likeness (QED) is 0.599. The highest BCUT2D eigenvalue weighted by Crippen LogP contribution is 2.29. The molecule has 2 aromatic carbocycles. The zero-order valence-corrected chi connectivity index (χ0v) is 14.7. The molecule has 1 aromatic heterocycles. The molecular weight excluding hydrogens is 364 g/mol. The minimum atomic E-state index is -2.93. The maximum absolute atomic E-state index is 12.5. The number of para-hydroxylation sites is 1. The second-order valence-electron chi connectivity index (χ2n) is 5.65. The van der Waals surface area contributed by atoms with Crippen molar-refractivity contribution in [1.29, 1.82) is 0 Å². The van der Waals surface area contributed by atoms with E-state index in [0.29, 0.717) is 29.6 Å². The number of ether oxygens (including phenoxy) is 1. The van der Waals surface area contributed by atoms with Crippen LogP contribution in [0.15, 0.2) is 53.1 Å². The standard InChI is InChI=1S/C18H16ClF2N3O2/c1-24(10-12-6-2-4-8-14(12)19)11-16-22-17(23-26-16)13-7-3-5-9-15(13)25-18(20)21/h2-9,18H,10-11H2,1H3. The van der Waals surface area contributed by atoms with Crippen LogP contribution in [-0.4, -0.2) is 28.7 Å². The van der Waals surface area contributed by atoms with Gasteiger partial charge in [0.05, 0.1) is 12.1 Å². The van der Waals surface area contributed by atoms with Crippen molar-refractivity contribution in [2.45, 2.75) is 19.7 Å². The lowest BCUT2D eigenvalue weighted by Crippen LogP contribution is -2.17. The lowest BCUT2D eigenvalue weighted by molar-refractivity contribution is -0.0494. The fraction of sp³-hybridized carbons (Fsp3) is 0.222. The van der Waals surface area contributed by atoms with Gasteiger partial charge in [-0.15, -0.1) is 0 Å². The Morgan fingerprint density at radius 3 is 2.62 bits per heavy atom. The van der Waals surface area contributed by atoms with Gasteiger partial charge in [-0.2, -0.15) is 13.8 Å². The number of nitrogens with zero attached hydrogens (tertiary/aromatic N) is 3. The predicted molar refractivity (Wildman–Crippen MR) is 93.0 cm³/mol. The van der Waals surface area contributed by atoms with E-state index in [0.717, 1.165) is 5.56 Å². The van der Waals surface area contributed by atoms with Crippen molar-refractivity contribution < 1.29 is 18.0 Å². The summed E-state index contributed by atoms with van der Waals surface area (Å²) >= 11 is 6.16. The minimum absolute atomic E-state index is 0.000674. The van der Waals surface area contributed by atoms with Crippen LogP contribution < -0.4 is 4.74 Å². The Hall–Kier alpha value is -2.51. The van der Waals surface area contributed by atoms with E-state index >= 15 is 0 Å². The molecule has 8 heteroatoms. The van der Waals surface area contributed by atoms with E-state index in [2.05, 4.69) is 14.9 Å². The molecule has 0 saturated carbocycles. The van der Waals surface area contributed by atoms with Crippen LogP contribution in [0.4, 0.5) is 8.78 Å². The normalized spacial score (nSPS) is 11.3. The van der Waals surface area contributed by atoms with Crippen molar-refractivity contribution in [1.82, 2.24) is 15.0 Å². The van der Waals surface area contributed by atoms with E-state index in [-0.39, 0.29) is 11.6 Å². The van der Waals surface area contributed by atoms with E-state index < -0.39 is 6.61 Å². The average molecular weight is 380 g/mol. The maximum Gasteiger partial charge on any atom is 0.387 e. The van der Waals surface area contributed by atoms with Crippen LogP contribution in [0, 0.1) is 0 Å². The largest absolute Gasteiger partial charge is 0.434 e. The number of rotatable bonds is 7. The summed E-state index contributed by atoms with van der Waals surface area (Å²) in [6.07, 6.45) is 0. The van der Waals surface area contributed by atoms with Gasteiger partial charge in [0.15, 0.2) is 0 Å². The molecule has 0 fully saturated rings. The third-order valence-corrected chi connectivity index (χ3v) is 3.98. The Labute approximate surface area is 154 Å². The molecule has 0 aliphatic heterocycles. The SMILES string of the molecule is CN(Cc1nc(-c2ccccc2OC(F)F)no1)Cc1ccccc1Cl. The third-order valence-electron chi connectivity index (χ3n) is 3.62. The highest BCUT2D eigenvalue weighted by molar-refractivity contribution is 6.31. The molecule has 0 unspecified atom stereocenters. The first-order valence-corrected chi connectivity index (χ1v) is 8.19. The molecule has 0 atom stereocenters. The van der Waals surface area contributed by atoms with Crippen LogP contribution in [0.3, 0.4) is 0 Å². The summed E-state index contributed by atoms with van der Waals surface area (Å²) < 4.78 is 34.8. The zero-order valence-electron chi connectivity index (χ0n) is 13.9. The van der Waals surface area contributed by atoms with Gasteiger partial charge in [0, 0.05) is 11.6 Å². The summed E-state index contributed by atoms with van der Waals surface area (Å²) in [6, 6.07) is 13.9. The van der Waals surface area contributed by atoms with Crippen molar-refractivity contribution in [2.24, 2.45) is 0 Å². The van der Waals surface area contributed by atoms with Crippen molar-refractivity contribution in [3.63, 3.8) is 0 Å². The van der Waals surface area contributed by atoms with Crippen LogP contribution in [0.5, 0.6) is 5.75 Å². The van der Waals surface area contributed by atoms with Gasteiger partial charge in [-0.1, -0.05) is 47.1 Å². The Bertz CT molecular complexity index is 873. The van der Waals surface area contributed by atoms with Crippen molar-refractivity contribution in [3.05, 3.63) is 65.0 Å². The topological polar surface area (TPSA) is 51.4 Å². The molecule has 136 valence electrons. The lowest BCUT2D eigenvalue weighted by atomic mass is 10.2. The Morgan fingerprint density at radius 1 is 1.12 bits per heavy atom. The van der Waals surface area contributed by atoms with E-state index in [1.54, 1.807) is 18.2 Å². The second-order valence-corrected chi connectivity index (χ2v) is 6.06. The minimum Gasteiger partial charge on any atom is -0.434 e. The number of hydrogen-bond donors (Lipinski definition) is 0. The number of alkyl halides is 2. The number of hydrogen-bond acceptors (Lipinski definition) is 5. The van der Waals surface area contributed by atoms with Crippen LogP contribution in [0.2, 0.25) is 5.02 Å². The van der Waals surface area contributed by atoms with E-state index in [1.165, 1.54) is 6.07 Å². The predicted octanol–water partition coefficient (Wildman–Crippen LogP) is 4.62. The Balaban J connectivity index is 1.71. The molecule has 26 heavy (non-hydrogen) atoms. The molecule has 5 nitrogen and oxygen atoms in total. The van der Waals surface area contributed by atoms with E-state index in [9.17, 15) is 8.78 Å². The fourth-order valence-corrected chi connectivity index (χ4v) is 2.68. The van der Waals surface area contributed by atoms with Crippen LogP contribution in [0.1, 0.15) is 11.5 Å². The third kappa shape index (κ3) is 4.56. The van der Waals surface area contributed by atoms with Crippen LogP contribution in [0.25, 0.3) is 11.4 Å². The molecule has 0 N–H and O–H groups in total. The molecule has 1 heterocycles.